The van der Waals surface area contributed by atoms with E-state index in [1.54, 1.807) is 38.1 Å². The summed E-state index contributed by atoms with van der Waals surface area (Å²) >= 11 is 0. The van der Waals surface area contributed by atoms with Crippen molar-refractivity contribution in [3.05, 3.63) is 24.3 Å². The van der Waals surface area contributed by atoms with Crippen LogP contribution in [0.2, 0.25) is 0 Å². The summed E-state index contributed by atoms with van der Waals surface area (Å²) in [6.45, 7) is 4.36. The van der Waals surface area contributed by atoms with Gasteiger partial charge in [0.15, 0.2) is 0 Å². The molecule has 0 aliphatic heterocycles. The average molecular weight is 272 g/mol. The van der Waals surface area contributed by atoms with Crippen LogP contribution in [0.1, 0.15) is 20.3 Å². The highest BCUT2D eigenvalue weighted by atomic mass is 32.2. The Morgan fingerprint density at radius 3 is 2.33 bits per heavy atom. The molecule has 1 aromatic carbocycles. The maximum atomic E-state index is 11.8. The third kappa shape index (κ3) is 4.64. The quantitative estimate of drug-likeness (QED) is 0.651. The van der Waals surface area contributed by atoms with E-state index in [9.17, 15) is 8.42 Å². The van der Waals surface area contributed by atoms with Gasteiger partial charge in [0.2, 0.25) is 10.0 Å². The number of benzene rings is 1. The first-order valence-corrected chi connectivity index (χ1v) is 7.41. The van der Waals surface area contributed by atoms with Crippen molar-refractivity contribution in [1.82, 2.24) is 4.72 Å². The lowest BCUT2D eigenvalue weighted by atomic mass is 10.3. The molecule has 0 aromatic heterocycles. The fourth-order valence-electron chi connectivity index (χ4n) is 1.44. The molecule has 0 atom stereocenters. The van der Waals surface area contributed by atoms with Crippen LogP contribution in [0.3, 0.4) is 0 Å². The summed E-state index contributed by atoms with van der Waals surface area (Å²) in [6.07, 6.45) is 0.662. The second-order valence-corrected chi connectivity index (χ2v) is 6.02. The van der Waals surface area contributed by atoms with E-state index >= 15 is 0 Å². The molecule has 0 unspecified atom stereocenters. The minimum atomic E-state index is -3.42. The van der Waals surface area contributed by atoms with Crippen molar-refractivity contribution in [3.8, 4) is 0 Å². The van der Waals surface area contributed by atoms with Gasteiger partial charge in [-0.1, -0.05) is 0 Å². The molecule has 0 bridgehead atoms. The summed E-state index contributed by atoms with van der Waals surface area (Å²) in [6, 6.07) is 6.42. The predicted octanol–water partition coefficient (Wildman–Crippen LogP) is 1.17. The zero-order chi connectivity index (χ0) is 13.6. The molecule has 1 aromatic rings. The third-order valence-corrected chi connectivity index (χ3v) is 3.89. The Bertz CT molecular complexity index is 455. The molecule has 1 rings (SSSR count). The van der Waals surface area contributed by atoms with Crippen molar-refractivity contribution in [3.63, 3.8) is 0 Å². The molecule has 0 fully saturated rings. The normalized spacial score (nSPS) is 11.8. The molecule has 0 saturated heterocycles. The molecule has 0 amide bonds. The number of aliphatic hydroxyl groups excluding tert-OH is 1. The van der Waals surface area contributed by atoms with E-state index in [0.717, 1.165) is 5.69 Å². The van der Waals surface area contributed by atoms with Gasteiger partial charge in [0, 0.05) is 24.9 Å². The van der Waals surface area contributed by atoms with Crippen LogP contribution in [-0.2, 0) is 10.0 Å². The van der Waals surface area contributed by atoms with Crippen LogP contribution in [0.4, 0.5) is 5.69 Å². The molecule has 6 heteroatoms. The van der Waals surface area contributed by atoms with Gasteiger partial charge in [-0.05, 0) is 44.5 Å². The van der Waals surface area contributed by atoms with Crippen LogP contribution >= 0.6 is 0 Å². The molecule has 0 aliphatic carbocycles. The second-order valence-electron chi connectivity index (χ2n) is 4.30. The van der Waals surface area contributed by atoms with Crippen LogP contribution < -0.4 is 10.0 Å². The third-order valence-electron chi connectivity index (χ3n) is 2.22. The maximum absolute atomic E-state index is 11.8. The number of sulfonamides is 1. The number of hydrogen-bond acceptors (Lipinski definition) is 4. The molecule has 0 spiro atoms. The number of hydrogen-bond donors (Lipinski definition) is 3. The van der Waals surface area contributed by atoms with Crippen LogP contribution in [0.25, 0.3) is 0 Å². The highest BCUT2D eigenvalue weighted by Crippen LogP contribution is 2.14. The molecule has 3 N–H and O–H groups in total. The van der Waals surface area contributed by atoms with E-state index in [0.29, 0.717) is 13.0 Å². The molecule has 0 aliphatic rings. The topological polar surface area (TPSA) is 78.4 Å². The number of nitrogens with one attached hydrogen (secondary N) is 2. The van der Waals surface area contributed by atoms with Crippen LogP contribution in [-0.4, -0.2) is 32.7 Å². The molecule has 0 heterocycles. The smallest absolute Gasteiger partial charge is 0.240 e. The Balaban J connectivity index is 2.70. The largest absolute Gasteiger partial charge is 0.396 e. The Morgan fingerprint density at radius 1 is 1.22 bits per heavy atom. The lowest BCUT2D eigenvalue weighted by Gasteiger charge is -2.10. The number of aliphatic hydroxyl groups is 1. The van der Waals surface area contributed by atoms with Gasteiger partial charge < -0.3 is 10.4 Å². The van der Waals surface area contributed by atoms with Crippen molar-refractivity contribution in [1.29, 1.82) is 0 Å². The zero-order valence-corrected chi connectivity index (χ0v) is 11.5. The lowest BCUT2D eigenvalue weighted by molar-refractivity contribution is 0.292. The predicted molar refractivity (Wildman–Crippen MR) is 72.1 cm³/mol. The highest BCUT2D eigenvalue weighted by molar-refractivity contribution is 7.89. The first kappa shape index (κ1) is 14.9. The Hall–Kier alpha value is -1.11. The summed E-state index contributed by atoms with van der Waals surface area (Å²) in [5, 5.41) is 11.7. The van der Waals surface area contributed by atoms with Crippen molar-refractivity contribution in [2.45, 2.75) is 31.2 Å². The Kier molecular flexibility index (Phi) is 5.58. The van der Waals surface area contributed by atoms with Gasteiger partial charge >= 0.3 is 0 Å². The summed E-state index contributed by atoms with van der Waals surface area (Å²) in [4.78, 5) is 0.254. The van der Waals surface area contributed by atoms with Crippen molar-refractivity contribution in [2.24, 2.45) is 0 Å². The number of rotatable bonds is 7. The van der Waals surface area contributed by atoms with E-state index in [2.05, 4.69) is 10.0 Å². The molecule has 18 heavy (non-hydrogen) atoms. The van der Waals surface area contributed by atoms with Gasteiger partial charge in [-0.2, -0.15) is 0 Å². The Labute approximate surface area is 108 Å². The van der Waals surface area contributed by atoms with Gasteiger partial charge in [-0.3, -0.25) is 0 Å². The number of anilines is 1. The minimum Gasteiger partial charge on any atom is -0.396 e. The van der Waals surface area contributed by atoms with Crippen LogP contribution in [0, 0.1) is 0 Å². The molecule has 5 nitrogen and oxygen atoms in total. The van der Waals surface area contributed by atoms with E-state index in [-0.39, 0.29) is 17.5 Å². The molecule has 0 saturated carbocycles. The van der Waals surface area contributed by atoms with Crippen molar-refractivity contribution >= 4 is 15.7 Å². The van der Waals surface area contributed by atoms with Crippen LogP contribution in [0.5, 0.6) is 0 Å². The van der Waals surface area contributed by atoms with Gasteiger partial charge in [0.25, 0.3) is 0 Å². The van der Waals surface area contributed by atoms with E-state index in [4.69, 9.17) is 5.11 Å². The van der Waals surface area contributed by atoms with Crippen LogP contribution in [0.15, 0.2) is 29.2 Å². The monoisotopic (exact) mass is 272 g/mol. The summed E-state index contributed by atoms with van der Waals surface area (Å²) in [5.41, 5.74) is 0.840. The van der Waals surface area contributed by atoms with E-state index in [1.165, 1.54) is 0 Å². The highest BCUT2D eigenvalue weighted by Gasteiger charge is 2.14. The standard InChI is InChI=1S/C12H20N2O3S/c1-10(2)14-18(16,17)12-6-4-11(5-7-12)13-8-3-9-15/h4-7,10,13-15H,3,8-9H2,1-2H3. The van der Waals surface area contributed by atoms with Gasteiger partial charge in [-0.25, -0.2) is 13.1 Å². The van der Waals surface area contributed by atoms with Gasteiger partial charge in [0.1, 0.15) is 0 Å². The SMILES string of the molecule is CC(C)NS(=O)(=O)c1ccc(NCCCO)cc1. The summed E-state index contributed by atoms with van der Waals surface area (Å²) < 4.78 is 26.2. The first-order valence-electron chi connectivity index (χ1n) is 5.93. The lowest BCUT2D eigenvalue weighted by Crippen LogP contribution is -2.30. The molecule has 0 radical (unpaired) electrons. The fourth-order valence-corrected chi connectivity index (χ4v) is 2.69. The zero-order valence-electron chi connectivity index (χ0n) is 10.7. The summed E-state index contributed by atoms with van der Waals surface area (Å²) in [5.74, 6) is 0. The molecule has 102 valence electrons. The van der Waals surface area contributed by atoms with E-state index in [1.807, 2.05) is 0 Å². The van der Waals surface area contributed by atoms with E-state index < -0.39 is 10.0 Å². The van der Waals surface area contributed by atoms with Crippen molar-refractivity contribution in [2.75, 3.05) is 18.5 Å². The summed E-state index contributed by atoms with van der Waals surface area (Å²) in [7, 11) is -3.42. The minimum absolute atomic E-state index is 0.127. The van der Waals surface area contributed by atoms with Crippen molar-refractivity contribution < 1.29 is 13.5 Å². The first-order chi connectivity index (χ1) is 8.45. The maximum Gasteiger partial charge on any atom is 0.240 e. The second kappa shape index (κ2) is 6.72. The molecular weight excluding hydrogens is 252 g/mol. The Morgan fingerprint density at radius 2 is 1.83 bits per heavy atom. The van der Waals surface area contributed by atoms with Gasteiger partial charge in [0.05, 0.1) is 4.90 Å². The average Bonchev–Trinajstić information content (AvgIpc) is 2.28. The molecular formula is C12H20N2O3S. The fraction of sp³-hybridized carbons (Fsp3) is 0.500. The van der Waals surface area contributed by atoms with Gasteiger partial charge in [-0.15, -0.1) is 0 Å².